The Hall–Kier alpha value is -3.39. The number of carbonyl (C=O) groups excluding carboxylic acids is 1. The molecule has 2 aromatic carbocycles. The van der Waals surface area contributed by atoms with Crippen molar-refractivity contribution in [2.45, 2.75) is 47.1 Å². The molecule has 31 heavy (non-hydrogen) atoms. The zero-order valence-corrected chi connectivity index (χ0v) is 18.9. The molecule has 0 unspecified atom stereocenters. The number of aryl methyl sites for hydroxylation is 2. The number of benzene rings is 2. The molecule has 4 nitrogen and oxygen atoms in total. The highest BCUT2D eigenvalue weighted by atomic mass is 19.1. The first kappa shape index (κ1) is 22.3. The second-order valence-corrected chi connectivity index (χ2v) is 8.56. The molecule has 1 N–H and O–H groups in total. The topological polar surface area (TPSA) is 56.1 Å². The van der Waals surface area contributed by atoms with Crippen LogP contribution in [0, 0.1) is 31.0 Å². The van der Waals surface area contributed by atoms with E-state index in [0.29, 0.717) is 5.69 Å². The summed E-state index contributed by atoms with van der Waals surface area (Å²) >= 11 is 0. The molecule has 0 radical (unpaired) electrons. The Morgan fingerprint density at radius 1 is 1.23 bits per heavy atom. The number of allylic oxidation sites excluding steroid dienone is 1. The number of nitrogens with zero attached hydrogens (tertiary/aromatic N) is 2. The fraction of sp³-hybridized carbons (Fsp3) is 0.308. The Kier molecular flexibility index (Phi) is 6.03. The van der Waals surface area contributed by atoms with Gasteiger partial charge in [-0.1, -0.05) is 23.8 Å². The molecular formula is C26H28FN3O. The van der Waals surface area contributed by atoms with Gasteiger partial charge in [-0.2, -0.15) is 5.26 Å². The van der Waals surface area contributed by atoms with Crippen molar-refractivity contribution >= 4 is 28.9 Å². The van der Waals surface area contributed by atoms with Gasteiger partial charge in [0.05, 0.1) is 5.54 Å². The van der Waals surface area contributed by atoms with E-state index in [9.17, 15) is 10.1 Å². The van der Waals surface area contributed by atoms with Crippen molar-refractivity contribution in [3.63, 3.8) is 0 Å². The standard InChI is InChI=1S/C26H28FN3O/c1-7-30-24-13-22(27)19(12-21(24)18(4)14-26(30,5)6)11-20(15-28)25(31)29-23-9-8-16(2)10-17(23)3/h8-14H,7H2,1-6H3,(H,29,31)/b20-11+. The molecule has 3 rings (SSSR count). The quantitative estimate of drug-likeness (QED) is 0.490. The van der Waals surface area contributed by atoms with Crippen molar-refractivity contribution in [1.29, 1.82) is 5.26 Å². The predicted octanol–water partition coefficient (Wildman–Crippen LogP) is 6.01. The van der Waals surface area contributed by atoms with Gasteiger partial charge in [-0.05, 0) is 77.0 Å². The predicted molar refractivity (Wildman–Crippen MR) is 125 cm³/mol. The number of hydrogen-bond acceptors (Lipinski definition) is 3. The molecule has 0 aromatic heterocycles. The number of carbonyl (C=O) groups is 1. The number of rotatable bonds is 4. The highest BCUT2D eigenvalue weighted by molar-refractivity contribution is 6.10. The van der Waals surface area contributed by atoms with Crippen LogP contribution in [0.4, 0.5) is 15.8 Å². The zero-order valence-electron chi connectivity index (χ0n) is 18.9. The van der Waals surface area contributed by atoms with Crippen LogP contribution in [0.25, 0.3) is 11.6 Å². The molecule has 1 heterocycles. The minimum absolute atomic E-state index is 0.149. The summed E-state index contributed by atoms with van der Waals surface area (Å²) < 4.78 is 15.0. The van der Waals surface area contributed by atoms with Crippen molar-refractivity contribution < 1.29 is 9.18 Å². The first-order valence-electron chi connectivity index (χ1n) is 10.4. The first-order chi connectivity index (χ1) is 14.6. The molecule has 0 atom stereocenters. The third kappa shape index (κ3) is 4.39. The minimum Gasteiger partial charge on any atom is -0.363 e. The van der Waals surface area contributed by atoms with Gasteiger partial charge in [0.15, 0.2) is 0 Å². The molecule has 0 aliphatic carbocycles. The lowest BCUT2D eigenvalue weighted by molar-refractivity contribution is -0.112. The smallest absolute Gasteiger partial charge is 0.266 e. The number of fused-ring (bicyclic) bond motifs is 1. The maximum atomic E-state index is 15.0. The summed E-state index contributed by atoms with van der Waals surface area (Å²) in [4.78, 5) is 14.8. The molecule has 0 fully saturated rings. The van der Waals surface area contributed by atoms with Crippen LogP contribution in [0.5, 0.6) is 0 Å². The normalized spacial score (nSPS) is 15.1. The van der Waals surface area contributed by atoms with Gasteiger partial charge >= 0.3 is 0 Å². The second kappa shape index (κ2) is 8.39. The van der Waals surface area contributed by atoms with Crippen LogP contribution in [-0.2, 0) is 4.79 Å². The van der Waals surface area contributed by atoms with Gasteiger partial charge in [0.1, 0.15) is 17.5 Å². The van der Waals surface area contributed by atoms with E-state index in [1.165, 1.54) is 12.1 Å². The van der Waals surface area contributed by atoms with Gasteiger partial charge in [0.25, 0.3) is 5.91 Å². The van der Waals surface area contributed by atoms with E-state index in [4.69, 9.17) is 0 Å². The van der Waals surface area contributed by atoms with Crippen LogP contribution in [0.15, 0.2) is 42.0 Å². The number of amides is 1. The van der Waals surface area contributed by atoms with Gasteiger partial charge < -0.3 is 10.2 Å². The summed E-state index contributed by atoms with van der Waals surface area (Å²) in [6, 6.07) is 10.8. The van der Waals surface area contributed by atoms with Crippen molar-refractivity contribution in [3.05, 3.63) is 70.1 Å². The van der Waals surface area contributed by atoms with Gasteiger partial charge in [-0.25, -0.2) is 4.39 Å². The van der Waals surface area contributed by atoms with Gasteiger partial charge in [0.2, 0.25) is 0 Å². The zero-order chi connectivity index (χ0) is 22.9. The highest BCUT2D eigenvalue weighted by Crippen LogP contribution is 2.40. The fourth-order valence-electron chi connectivity index (χ4n) is 4.25. The lowest BCUT2D eigenvalue weighted by atomic mass is 9.87. The van der Waals surface area contributed by atoms with Crippen LogP contribution in [0.2, 0.25) is 0 Å². The molecule has 0 bridgehead atoms. The van der Waals surface area contributed by atoms with Crippen LogP contribution in [0.3, 0.4) is 0 Å². The highest BCUT2D eigenvalue weighted by Gasteiger charge is 2.31. The Morgan fingerprint density at radius 3 is 2.55 bits per heavy atom. The van der Waals surface area contributed by atoms with Gasteiger partial charge in [-0.15, -0.1) is 0 Å². The summed E-state index contributed by atoms with van der Waals surface area (Å²) in [6.07, 6.45) is 3.47. The Bertz CT molecular complexity index is 1150. The lowest BCUT2D eigenvalue weighted by Gasteiger charge is -2.42. The molecule has 1 aliphatic heterocycles. The maximum Gasteiger partial charge on any atom is 0.266 e. The monoisotopic (exact) mass is 417 g/mol. The number of halogens is 1. The van der Waals surface area contributed by atoms with Crippen LogP contribution >= 0.6 is 0 Å². The molecule has 2 aromatic rings. The summed E-state index contributed by atoms with van der Waals surface area (Å²) in [5, 5.41) is 12.3. The third-order valence-electron chi connectivity index (χ3n) is 5.71. The van der Waals surface area contributed by atoms with Crippen LogP contribution < -0.4 is 10.2 Å². The number of nitrogens with one attached hydrogen (secondary N) is 1. The first-order valence-corrected chi connectivity index (χ1v) is 10.4. The minimum atomic E-state index is -0.560. The molecule has 0 saturated heterocycles. The second-order valence-electron chi connectivity index (χ2n) is 8.56. The third-order valence-corrected chi connectivity index (χ3v) is 5.71. The summed E-state index contributed by atoms with van der Waals surface area (Å²) in [5.74, 6) is -1.02. The molecule has 0 saturated carbocycles. The fourth-order valence-corrected chi connectivity index (χ4v) is 4.25. The molecule has 5 heteroatoms. The lowest BCUT2D eigenvalue weighted by Crippen LogP contribution is -2.45. The van der Waals surface area contributed by atoms with Crippen molar-refractivity contribution in [1.82, 2.24) is 0 Å². The molecule has 1 amide bonds. The Labute approximate surface area is 183 Å². The summed E-state index contributed by atoms with van der Waals surface area (Å²) in [5.41, 5.74) is 5.21. The van der Waals surface area contributed by atoms with E-state index >= 15 is 4.39 Å². The van der Waals surface area contributed by atoms with E-state index in [0.717, 1.165) is 34.5 Å². The SMILES string of the molecule is CCN1c2cc(F)c(/C=C(\C#N)C(=O)Nc3ccc(C)cc3C)cc2C(C)=CC1(C)C. The van der Waals surface area contributed by atoms with E-state index < -0.39 is 11.7 Å². The van der Waals surface area contributed by atoms with Crippen molar-refractivity contribution in [2.24, 2.45) is 0 Å². The summed E-state index contributed by atoms with van der Waals surface area (Å²) in [6.45, 7) is 12.8. The number of hydrogen-bond donors (Lipinski definition) is 1. The van der Waals surface area contributed by atoms with Gasteiger partial charge in [0, 0.05) is 29.0 Å². The Morgan fingerprint density at radius 2 is 1.94 bits per heavy atom. The molecule has 160 valence electrons. The van der Waals surface area contributed by atoms with Gasteiger partial charge in [-0.3, -0.25) is 4.79 Å². The summed E-state index contributed by atoms with van der Waals surface area (Å²) in [7, 11) is 0. The van der Waals surface area contributed by atoms with Crippen molar-refractivity contribution in [2.75, 3.05) is 16.8 Å². The Balaban J connectivity index is 1.99. The number of nitriles is 1. The number of likely N-dealkylation sites (N-methyl/N-ethyl adjacent to an activating group) is 1. The van der Waals surface area contributed by atoms with Crippen LogP contribution in [-0.4, -0.2) is 18.0 Å². The number of anilines is 2. The van der Waals surface area contributed by atoms with Crippen LogP contribution in [0.1, 0.15) is 49.9 Å². The largest absolute Gasteiger partial charge is 0.363 e. The molecular weight excluding hydrogens is 389 g/mol. The van der Waals surface area contributed by atoms with Crippen molar-refractivity contribution in [3.8, 4) is 6.07 Å². The average Bonchev–Trinajstić information content (AvgIpc) is 2.68. The van der Waals surface area contributed by atoms with E-state index in [1.807, 2.05) is 45.9 Å². The average molecular weight is 418 g/mol. The molecule has 1 aliphatic rings. The van der Waals surface area contributed by atoms with E-state index in [-0.39, 0.29) is 16.7 Å². The maximum absolute atomic E-state index is 15.0. The van der Waals surface area contributed by atoms with E-state index in [2.05, 4.69) is 30.1 Å². The molecule has 0 spiro atoms. The van der Waals surface area contributed by atoms with E-state index in [1.54, 1.807) is 12.1 Å².